The fraction of sp³-hybridized carbons (Fsp3) is 0.709. The first-order valence-electron chi connectivity index (χ1n) is 46.2. The second-order valence-corrected chi connectivity index (χ2v) is 33.7. The number of carbonyl (C=O) groups is 17. The highest BCUT2D eigenvalue weighted by Gasteiger charge is 2.40. The van der Waals surface area contributed by atoms with Gasteiger partial charge in [-0.15, -0.1) is 0 Å². The molecule has 0 unspecified atom stereocenters. The van der Waals surface area contributed by atoms with Crippen LogP contribution >= 0.6 is 0 Å². The molecule has 0 saturated heterocycles. The summed E-state index contributed by atoms with van der Waals surface area (Å²) in [5.74, 6) is -18.6. The number of rotatable bonds is 74. The van der Waals surface area contributed by atoms with Gasteiger partial charge < -0.3 is 153 Å². The molecule has 1 aromatic rings. The van der Waals surface area contributed by atoms with Crippen molar-refractivity contribution in [3.63, 3.8) is 0 Å². The van der Waals surface area contributed by atoms with E-state index in [0.717, 1.165) is 0 Å². The summed E-state index contributed by atoms with van der Waals surface area (Å²) >= 11 is 0. The van der Waals surface area contributed by atoms with Gasteiger partial charge in [0.1, 0.15) is 85.1 Å². The van der Waals surface area contributed by atoms with E-state index in [4.69, 9.17) is 68.8 Å². The van der Waals surface area contributed by atoms with Crippen molar-refractivity contribution >= 4 is 112 Å². The summed E-state index contributed by atoms with van der Waals surface area (Å²) in [5, 5.41) is 56.0. The molecule has 16 atom stereocenters. The SMILES string of the molecule is CC[C@H](C)[C@H](NC(=O)[C@H](CCCCN)NC(=O)[C@H](CCCCN)NC(=O)[C@H](CC(C)C)NC(=O)[C@H](CCCCN)NC(=O)[C@H](CCC(=O)O)NC(=O)[C@H](CCCCN)NC(=O)[C@@H](NC(=O)[C@H](CCCCN)NC(=O)[C@H](CC(N)=O)NC(=O)[C@H](CCCN=C(N)N)NC(=O)[C@H](Cc1ccccc1)NC(=O)[C@H](CCCCN)NC(=O)[C@@H](N)CCCN=C(N)N)[C@@H](C)CC)C(=O)NCC(=O)O. The van der Waals surface area contributed by atoms with Gasteiger partial charge in [-0.3, -0.25) is 91.5 Å². The number of amides is 15. The molecule has 1 aromatic carbocycles. The van der Waals surface area contributed by atoms with Gasteiger partial charge in [0.15, 0.2) is 11.9 Å². The molecule has 15 amide bonds. The van der Waals surface area contributed by atoms with Crippen molar-refractivity contribution < 1.29 is 91.7 Å². The Morgan fingerprint density at radius 1 is 0.323 bits per heavy atom. The molecule has 0 radical (unpaired) electrons. The van der Waals surface area contributed by atoms with E-state index in [-0.39, 0.29) is 167 Å². The molecule has 0 aromatic heterocycles. The number of carboxylic acids is 2. The number of aliphatic imine (C=N–C) groups is 2. The number of guanidine groups is 2. The molecule has 133 heavy (non-hydrogen) atoms. The Bertz CT molecular complexity index is 3840. The molecule has 0 spiro atoms. The predicted octanol–water partition coefficient (Wildman–Crippen LogP) is -6.18. The molecular weight excluding hydrogens is 1730 g/mol. The molecule has 40 N–H and O–H groups in total. The van der Waals surface area contributed by atoms with Gasteiger partial charge in [0.2, 0.25) is 88.6 Å². The van der Waals surface area contributed by atoms with Crippen LogP contribution in [0.4, 0.5) is 0 Å². The predicted molar refractivity (Wildman–Crippen MR) is 500 cm³/mol. The van der Waals surface area contributed by atoms with Crippen LogP contribution in [-0.2, 0) is 87.9 Å². The third kappa shape index (κ3) is 50.8. The van der Waals surface area contributed by atoms with Crippen molar-refractivity contribution in [1.29, 1.82) is 0 Å². The third-order valence-electron chi connectivity index (χ3n) is 21.9. The highest BCUT2D eigenvalue weighted by molar-refractivity contribution is 6.01. The summed E-state index contributed by atoms with van der Waals surface area (Å²) in [5.41, 5.74) is 69.7. The Labute approximate surface area is 779 Å². The Morgan fingerprint density at radius 3 is 0.940 bits per heavy atom. The zero-order chi connectivity index (χ0) is 100. The van der Waals surface area contributed by atoms with Gasteiger partial charge in [0.05, 0.1) is 12.5 Å². The van der Waals surface area contributed by atoms with Crippen LogP contribution in [0, 0.1) is 17.8 Å². The highest BCUT2D eigenvalue weighted by atomic mass is 16.4. The minimum absolute atomic E-state index is 0.00929. The number of unbranched alkanes of at least 4 members (excludes halogenated alkanes) is 6. The largest absolute Gasteiger partial charge is 0.481 e. The van der Waals surface area contributed by atoms with Gasteiger partial charge in [-0.1, -0.05) is 84.7 Å². The van der Waals surface area contributed by atoms with E-state index < -0.39 is 223 Å². The summed E-state index contributed by atoms with van der Waals surface area (Å²) in [6, 6.07) is -11.9. The van der Waals surface area contributed by atoms with Crippen LogP contribution in [0.25, 0.3) is 0 Å². The number of carboxylic acid groups (broad SMARTS) is 2. The van der Waals surface area contributed by atoms with E-state index in [1.807, 2.05) is 0 Å². The van der Waals surface area contributed by atoms with E-state index in [9.17, 15) is 91.7 Å². The van der Waals surface area contributed by atoms with Gasteiger partial charge in [0, 0.05) is 25.9 Å². The maximum Gasteiger partial charge on any atom is 0.322 e. The molecular formula is C86H156N28O19. The summed E-state index contributed by atoms with van der Waals surface area (Å²) in [6.45, 7) is 10.7. The number of nitrogens with zero attached hydrogens (tertiary/aromatic N) is 2. The first kappa shape index (κ1) is 119. The normalized spacial score (nSPS) is 14.8. The summed E-state index contributed by atoms with van der Waals surface area (Å²) < 4.78 is 0. The fourth-order valence-electron chi connectivity index (χ4n) is 13.9. The molecule has 1 rings (SSSR count). The first-order valence-corrected chi connectivity index (χ1v) is 46.2. The molecule has 0 heterocycles. The molecule has 0 aliphatic heterocycles. The van der Waals surface area contributed by atoms with E-state index in [0.29, 0.717) is 76.2 Å². The Morgan fingerprint density at radius 2 is 0.609 bits per heavy atom. The molecule has 47 heteroatoms. The number of hydrogen-bond acceptors (Lipinski definition) is 26. The van der Waals surface area contributed by atoms with Crippen molar-refractivity contribution in [2.75, 3.05) is 58.9 Å². The van der Waals surface area contributed by atoms with Gasteiger partial charge in [0.25, 0.3) is 0 Å². The van der Waals surface area contributed by atoms with E-state index in [1.165, 1.54) is 0 Å². The molecule has 47 nitrogen and oxygen atoms in total. The zero-order valence-corrected chi connectivity index (χ0v) is 78.2. The van der Waals surface area contributed by atoms with E-state index >= 15 is 0 Å². The van der Waals surface area contributed by atoms with Crippen molar-refractivity contribution in [3.8, 4) is 0 Å². The smallest absolute Gasteiger partial charge is 0.322 e. The topological polar surface area (TPSA) is 836 Å². The average molecular weight is 1890 g/mol. The Kier molecular flexibility index (Phi) is 61.5. The van der Waals surface area contributed by atoms with Crippen LogP contribution in [0.2, 0.25) is 0 Å². The summed E-state index contributed by atoms with van der Waals surface area (Å²) in [6.07, 6.45) is 1.85. The summed E-state index contributed by atoms with van der Waals surface area (Å²) in [7, 11) is 0. The van der Waals surface area contributed by atoms with Gasteiger partial charge >= 0.3 is 11.9 Å². The molecule has 0 saturated carbocycles. The second-order valence-electron chi connectivity index (χ2n) is 33.7. The van der Waals surface area contributed by atoms with E-state index in [1.54, 1.807) is 71.9 Å². The van der Waals surface area contributed by atoms with Crippen LogP contribution in [-0.4, -0.2) is 266 Å². The van der Waals surface area contributed by atoms with Crippen LogP contribution in [0.1, 0.15) is 227 Å². The maximum atomic E-state index is 14.9. The number of nitrogens with one attached hydrogen (secondary N) is 14. The van der Waals surface area contributed by atoms with Crippen LogP contribution in [0.15, 0.2) is 40.3 Å². The highest BCUT2D eigenvalue weighted by Crippen LogP contribution is 2.18. The van der Waals surface area contributed by atoms with Crippen molar-refractivity contribution in [3.05, 3.63) is 35.9 Å². The minimum Gasteiger partial charge on any atom is -0.481 e. The lowest BCUT2D eigenvalue weighted by molar-refractivity contribution is -0.139. The quantitative estimate of drug-likeness (QED) is 0.0164. The maximum absolute atomic E-state index is 14.9. The monoisotopic (exact) mass is 1890 g/mol. The van der Waals surface area contributed by atoms with Crippen molar-refractivity contribution in [2.45, 2.75) is 312 Å². The Balaban J connectivity index is 3.92. The number of benzene rings is 1. The number of carbonyl (C=O) groups excluding carboxylic acids is 15. The standard InChI is InChI=1S/C86H156N28O19/c1-7-51(5)69(83(132)101-49-68(118)119)113-78(127)59(33-16-22-42-91)104-72(121)56(30-13-19-39-88)105-80(129)63(46-50(3)4)110-75(124)57(31-14-20-40-89)103-77(126)62(36-37-67(116)117)108-73(122)58(32-15-21-41-90)109-84(133)70(52(6)8-2)114-79(128)60(34-17-23-43-92)106-82(131)65(48-66(94)115)112-76(125)61(35-25-45-100-86(97)98)107-81(130)64(47-53-26-10-9-11-27-53)111-74(123)55(29-12-18-38-87)102-71(120)54(93)28-24-44-99-85(95)96/h9-11,26-27,50-52,54-65,69-70H,7-8,12-25,28-49,87-93H2,1-6H3,(H2,94,115)(H,101,132)(H,102,120)(H,103,126)(H,104,121)(H,105,129)(H,106,131)(H,107,130)(H,108,122)(H,109,133)(H,110,124)(H,111,123)(H,112,125)(H,113,127)(H,114,128)(H,116,117)(H,118,119)(H4,95,96,99)(H4,97,98,100)/t51-,52-,54-,55-,56-,57-,58-,59-,60-,61-,62-,63-,64-,65-,69-,70-/m0/s1. The molecule has 0 aliphatic carbocycles. The number of primary amides is 1. The number of hydrogen-bond donors (Lipinski definition) is 28. The molecule has 0 aliphatic rings. The van der Waals surface area contributed by atoms with E-state index in [2.05, 4.69) is 84.4 Å². The van der Waals surface area contributed by atoms with Gasteiger partial charge in [-0.25, -0.2) is 0 Å². The van der Waals surface area contributed by atoms with Crippen molar-refractivity contribution in [1.82, 2.24) is 74.4 Å². The lowest BCUT2D eigenvalue weighted by atomic mass is 9.96. The number of aliphatic carboxylic acids is 2. The van der Waals surface area contributed by atoms with Gasteiger partial charge in [-0.2, -0.15) is 0 Å². The van der Waals surface area contributed by atoms with Crippen LogP contribution in [0.5, 0.6) is 0 Å². The molecule has 0 bridgehead atoms. The van der Waals surface area contributed by atoms with Crippen LogP contribution < -0.4 is 143 Å². The third-order valence-corrected chi connectivity index (χ3v) is 21.9. The second kappa shape index (κ2) is 68.5. The molecule has 754 valence electrons. The molecule has 0 fully saturated rings. The van der Waals surface area contributed by atoms with Gasteiger partial charge in [-0.05, 0) is 217 Å². The Hall–Kier alpha value is -11.5. The lowest BCUT2D eigenvalue weighted by Gasteiger charge is -2.30. The first-order chi connectivity index (χ1) is 63.1. The summed E-state index contributed by atoms with van der Waals surface area (Å²) in [4.78, 5) is 247. The number of nitrogens with two attached hydrogens (primary N) is 12. The average Bonchev–Trinajstić information content (AvgIpc) is 0.849. The zero-order valence-electron chi connectivity index (χ0n) is 78.2. The minimum atomic E-state index is -1.87. The fourth-order valence-corrected chi connectivity index (χ4v) is 13.9. The lowest BCUT2D eigenvalue weighted by Crippen LogP contribution is -2.62. The van der Waals surface area contributed by atoms with Crippen molar-refractivity contribution in [2.24, 2.45) is 96.5 Å². The van der Waals surface area contributed by atoms with Crippen LogP contribution in [0.3, 0.4) is 0 Å².